The molecule has 7 nitrogen and oxygen atoms in total. The lowest BCUT2D eigenvalue weighted by Gasteiger charge is -2.33. The molecule has 31 heavy (non-hydrogen) atoms. The molecular formula is C24H36N4O3. The Kier molecular flexibility index (Phi) is 7.36. The van der Waals surface area contributed by atoms with Crippen LogP contribution in [0.4, 0.5) is 4.79 Å². The van der Waals surface area contributed by atoms with Gasteiger partial charge in [0.25, 0.3) is 5.91 Å². The van der Waals surface area contributed by atoms with Crippen LogP contribution in [0.2, 0.25) is 0 Å². The van der Waals surface area contributed by atoms with Crippen LogP contribution in [0.3, 0.4) is 0 Å². The molecule has 1 aliphatic carbocycles. The summed E-state index contributed by atoms with van der Waals surface area (Å²) >= 11 is 0. The fourth-order valence-corrected chi connectivity index (χ4v) is 4.85. The van der Waals surface area contributed by atoms with Crippen LogP contribution in [0.25, 0.3) is 0 Å². The van der Waals surface area contributed by atoms with Gasteiger partial charge in [-0.2, -0.15) is 0 Å². The van der Waals surface area contributed by atoms with E-state index in [2.05, 4.69) is 5.32 Å². The number of likely N-dealkylation sites (N-methyl/N-ethyl adjacent to an activating group) is 2. The summed E-state index contributed by atoms with van der Waals surface area (Å²) in [5, 5.41) is 2.96. The summed E-state index contributed by atoms with van der Waals surface area (Å²) < 4.78 is 0. The highest BCUT2D eigenvalue weighted by molar-refractivity contribution is 6.07. The van der Waals surface area contributed by atoms with Crippen molar-refractivity contribution in [3.8, 4) is 0 Å². The summed E-state index contributed by atoms with van der Waals surface area (Å²) in [5.41, 5.74) is -0.267. The number of rotatable bonds is 8. The summed E-state index contributed by atoms with van der Waals surface area (Å²) in [4.78, 5) is 43.9. The van der Waals surface area contributed by atoms with E-state index < -0.39 is 11.6 Å². The molecule has 170 valence electrons. The van der Waals surface area contributed by atoms with Gasteiger partial charge in [0.15, 0.2) is 0 Å². The van der Waals surface area contributed by atoms with E-state index in [0.717, 1.165) is 31.2 Å². The first-order valence-electron chi connectivity index (χ1n) is 11.4. The van der Waals surface area contributed by atoms with Crippen molar-refractivity contribution in [3.63, 3.8) is 0 Å². The topological polar surface area (TPSA) is 73.0 Å². The number of hydrogen-bond donors (Lipinski definition) is 1. The Bertz CT molecular complexity index is 791. The number of nitrogens with one attached hydrogen (secondary N) is 1. The van der Waals surface area contributed by atoms with Gasteiger partial charge in [-0.15, -0.1) is 0 Å². The minimum atomic E-state index is -1.06. The highest BCUT2D eigenvalue weighted by atomic mass is 16.2. The third-order valence-electron chi connectivity index (χ3n) is 6.46. The van der Waals surface area contributed by atoms with Crippen molar-refractivity contribution >= 4 is 17.8 Å². The van der Waals surface area contributed by atoms with Crippen molar-refractivity contribution in [1.82, 2.24) is 20.0 Å². The number of urea groups is 1. The molecule has 1 aromatic rings. The van der Waals surface area contributed by atoms with E-state index in [1.54, 1.807) is 11.9 Å². The zero-order valence-electron chi connectivity index (χ0n) is 19.3. The second kappa shape index (κ2) is 9.81. The fraction of sp³-hybridized carbons (Fsp3) is 0.625. The zero-order chi connectivity index (χ0) is 22.6. The summed E-state index contributed by atoms with van der Waals surface area (Å²) in [5.74, 6) is -0.0110. The van der Waals surface area contributed by atoms with Gasteiger partial charge in [0.05, 0.1) is 13.2 Å². The minimum Gasteiger partial charge on any atom is -0.342 e. The van der Waals surface area contributed by atoms with Crippen molar-refractivity contribution in [1.29, 1.82) is 0 Å². The van der Waals surface area contributed by atoms with E-state index in [0.29, 0.717) is 12.5 Å². The average molecular weight is 429 g/mol. The van der Waals surface area contributed by atoms with Crippen LogP contribution in [-0.4, -0.2) is 65.9 Å². The molecular weight excluding hydrogens is 392 g/mol. The standard InChI is InChI=1S/C24H36N4O3/c1-18(2)15-24(19-11-7-5-8-12-19)22(30)28(23(31)25-24)17-26(3)16-21(29)27(4)20-13-9-6-10-14-20/h5,7-8,11-12,18,20H,6,9-10,13-17H2,1-4H3,(H,25,31)/t24-/m1/s1. The van der Waals surface area contributed by atoms with Gasteiger partial charge in [0.2, 0.25) is 5.91 Å². The molecule has 1 heterocycles. The molecule has 0 unspecified atom stereocenters. The highest BCUT2D eigenvalue weighted by Crippen LogP contribution is 2.35. The number of carbonyl (C=O) groups excluding carboxylic acids is 3. The third-order valence-corrected chi connectivity index (χ3v) is 6.46. The van der Waals surface area contributed by atoms with Gasteiger partial charge in [-0.25, -0.2) is 9.69 Å². The van der Waals surface area contributed by atoms with Crippen LogP contribution >= 0.6 is 0 Å². The number of hydrogen-bond acceptors (Lipinski definition) is 4. The van der Waals surface area contributed by atoms with Gasteiger partial charge < -0.3 is 10.2 Å². The predicted molar refractivity (Wildman–Crippen MR) is 120 cm³/mol. The van der Waals surface area contributed by atoms with E-state index in [1.165, 1.54) is 11.3 Å². The van der Waals surface area contributed by atoms with E-state index >= 15 is 0 Å². The molecule has 1 atom stereocenters. The first-order chi connectivity index (χ1) is 14.7. The highest BCUT2D eigenvalue weighted by Gasteiger charge is 2.52. The average Bonchev–Trinajstić information content (AvgIpc) is 2.98. The molecule has 1 saturated carbocycles. The molecule has 7 heteroatoms. The zero-order valence-corrected chi connectivity index (χ0v) is 19.3. The Labute approximate surface area is 185 Å². The lowest BCUT2D eigenvalue weighted by molar-refractivity contribution is -0.137. The number of benzene rings is 1. The molecule has 1 N–H and O–H groups in total. The number of amides is 4. The first kappa shape index (κ1) is 23.3. The second-order valence-corrected chi connectivity index (χ2v) is 9.48. The third kappa shape index (κ3) is 5.09. The number of nitrogens with zero attached hydrogens (tertiary/aromatic N) is 3. The van der Waals surface area contributed by atoms with Crippen LogP contribution in [0.5, 0.6) is 0 Å². The van der Waals surface area contributed by atoms with Crippen LogP contribution in [0.1, 0.15) is 57.9 Å². The minimum absolute atomic E-state index is 0.0259. The van der Waals surface area contributed by atoms with Crippen molar-refractivity contribution in [2.75, 3.05) is 27.3 Å². The molecule has 1 aliphatic heterocycles. The van der Waals surface area contributed by atoms with Crippen LogP contribution in [0, 0.1) is 5.92 Å². The Balaban J connectivity index is 1.69. The van der Waals surface area contributed by atoms with E-state index in [-0.39, 0.29) is 30.9 Å². The molecule has 0 aromatic heterocycles. The fourth-order valence-electron chi connectivity index (χ4n) is 4.85. The Morgan fingerprint density at radius 2 is 1.77 bits per heavy atom. The lowest BCUT2D eigenvalue weighted by Crippen LogP contribution is -2.48. The molecule has 1 aromatic carbocycles. The Morgan fingerprint density at radius 3 is 2.39 bits per heavy atom. The van der Waals surface area contributed by atoms with E-state index in [4.69, 9.17) is 0 Å². The molecule has 0 bridgehead atoms. The van der Waals surface area contributed by atoms with Gasteiger partial charge in [0, 0.05) is 13.1 Å². The monoisotopic (exact) mass is 428 g/mol. The van der Waals surface area contributed by atoms with Gasteiger partial charge in [-0.1, -0.05) is 63.4 Å². The molecule has 2 fully saturated rings. The van der Waals surface area contributed by atoms with Gasteiger partial charge in [-0.3, -0.25) is 14.5 Å². The maximum atomic E-state index is 13.5. The van der Waals surface area contributed by atoms with Crippen molar-refractivity contribution < 1.29 is 14.4 Å². The van der Waals surface area contributed by atoms with Gasteiger partial charge in [0.1, 0.15) is 5.54 Å². The molecule has 3 rings (SSSR count). The van der Waals surface area contributed by atoms with Crippen LogP contribution in [-0.2, 0) is 15.1 Å². The summed E-state index contributed by atoms with van der Waals surface area (Å²) in [7, 11) is 3.64. The SMILES string of the molecule is CC(C)C[C@]1(c2ccccc2)NC(=O)N(CN(C)CC(=O)N(C)C2CCCCC2)C1=O. The summed E-state index contributed by atoms with van der Waals surface area (Å²) in [6, 6.07) is 9.31. The van der Waals surface area contributed by atoms with E-state index in [1.807, 2.05) is 56.1 Å². The summed E-state index contributed by atoms with van der Waals surface area (Å²) in [6.07, 6.45) is 6.19. The van der Waals surface area contributed by atoms with Crippen LogP contribution in [0.15, 0.2) is 30.3 Å². The van der Waals surface area contributed by atoms with E-state index in [9.17, 15) is 14.4 Å². The molecule has 4 amide bonds. The smallest absolute Gasteiger partial charge is 0.326 e. The van der Waals surface area contributed by atoms with Crippen molar-refractivity contribution in [2.24, 2.45) is 5.92 Å². The van der Waals surface area contributed by atoms with Crippen molar-refractivity contribution in [3.05, 3.63) is 35.9 Å². The maximum Gasteiger partial charge on any atom is 0.326 e. The van der Waals surface area contributed by atoms with Gasteiger partial charge >= 0.3 is 6.03 Å². The number of imide groups is 1. The number of carbonyl (C=O) groups is 3. The predicted octanol–water partition coefficient (Wildman–Crippen LogP) is 3.16. The molecule has 0 radical (unpaired) electrons. The first-order valence-corrected chi connectivity index (χ1v) is 11.4. The quantitative estimate of drug-likeness (QED) is 0.646. The summed E-state index contributed by atoms with van der Waals surface area (Å²) in [6.45, 7) is 4.34. The molecule has 0 spiro atoms. The molecule has 1 saturated heterocycles. The molecule has 2 aliphatic rings. The lowest BCUT2D eigenvalue weighted by atomic mass is 9.82. The second-order valence-electron chi connectivity index (χ2n) is 9.48. The normalized spacial score (nSPS) is 22.3. The Morgan fingerprint density at radius 1 is 1.13 bits per heavy atom. The maximum absolute atomic E-state index is 13.5. The Hall–Kier alpha value is -2.41. The van der Waals surface area contributed by atoms with Crippen molar-refractivity contribution in [2.45, 2.75) is 64.0 Å². The van der Waals surface area contributed by atoms with Crippen LogP contribution < -0.4 is 5.32 Å². The largest absolute Gasteiger partial charge is 0.342 e. The van der Waals surface area contributed by atoms with Gasteiger partial charge in [-0.05, 0) is 37.8 Å².